The molecule has 1 N–H and O–H groups in total. The molecule has 0 aromatic heterocycles. The number of nitrogens with one attached hydrogen (secondary N) is 1. The first-order chi connectivity index (χ1) is 13.9. The van der Waals surface area contributed by atoms with Gasteiger partial charge >= 0.3 is 0 Å². The minimum Gasteiger partial charge on any atom is -0.339 e. The molecule has 2 aliphatic rings. The number of carbonyl (C=O) groups is 1. The average Bonchev–Trinajstić information content (AvgIpc) is 2.73. The predicted octanol–water partition coefficient (Wildman–Crippen LogP) is 1.12. The number of nitrogens with zero attached hydrogens (tertiary/aromatic N) is 3. The third kappa shape index (κ3) is 5.75. The lowest BCUT2D eigenvalue weighted by Crippen LogP contribution is -2.51. The summed E-state index contributed by atoms with van der Waals surface area (Å²) in [6, 6.07) is 5.20. The predicted molar refractivity (Wildman–Crippen MR) is 109 cm³/mol. The fourth-order valence-electron chi connectivity index (χ4n) is 3.93. The molecular weight excluding hydrogens is 395 g/mol. The van der Waals surface area contributed by atoms with E-state index in [0.29, 0.717) is 38.8 Å². The standard InChI is InChI=1S/C20H31FN4O3S/c1-17-4-2-3-11-23(17)14-15-25(16-20(26)24-12-9-22-10-13-24)29(27,28)19-7-5-18(21)6-8-19/h5-8,17,22H,2-4,9-16H2,1H3. The van der Waals surface area contributed by atoms with Gasteiger partial charge in [-0.1, -0.05) is 6.42 Å². The molecule has 7 nitrogen and oxygen atoms in total. The van der Waals surface area contributed by atoms with E-state index in [1.807, 2.05) is 0 Å². The van der Waals surface area contributed by atoms with Crippen LogP contribution in [0, 0.1) is 5.82 Å². The van der Waals surface area contributed by atoms with Crippen LogP contribution in [-0.2, 0) is 14.8 Å². The molecule has 3 rings (SSSR count). The van der Waals surface area contributed by atoms with Crippen LogP contribution >= 0.6 is 0 Å². The van der Waals surface area contributed by atoms with Crippen molar-refractivity contribution in [1.82, 2.24) is 19.4 Å². The summed E-state index contributed by atoms with van der Waals surface area (Å²) in [7, 11) is -3.89. The Morgan fingerprint density at radius 3 is 2.52 bits per heavy atom. The van der Waals surface area contributed by atoms with Crippen molar-refractivity contribution in [2.45, 2.75) is 37.1 Å². The average molecular weight is 427 g/mol. The summed E-state index contributed by atoms with van der Waals surface area (Å²) >= 11 is 0. The molecule has 0 spiro atoms. The Morgan fingerprint density at radius 1 is 1.17 bits per heavy atom. The van der Waals surface area contributed by atoms with Crippen molar-refractivity contribution in [1.29, 1.82) is 0 Å². The van der Waals surface area contributed by atoms with Gasteiger partial charge in [0, 0.05) is 45.3 Å². The van der Waals surface area contributed by atoms with Gasteiger partial charge in [0.2, 0.25) is 15.9 Å². The number of piperidine rings is 1. The molecule has 2 aliphatic heterocycles. The minimum atomic E-state index is -3.89. The lowest BCUT2D eigenvalue weighted by Gasteiger charge is -2.35. The quantitative estimate of drug-likeness (QED) is 0.708. The first kappa shape index (κ1) is 22.1. The van der Waals surface area contributed by atoms with Crippen LogP contribution in [0.25, 0.3) is 0 Å². The second-order valence-corrected chi connectivity index (χ2v) is 9.74. The highest BCUT2D eigenvalue weighted by Gasteiger charge is 2.30. The number of hydrogen-bond acceptors (Lipinski definition) is 5. The zero-order chi connectivity index (χ0) is 20.9. The number of benzene rings is 1. The second kappa shape index (κ2) is 9.97. The van der Waals surface area contributed by atoms with Crippen molar-refractivity contribution >= 4 is 15.9 Å². The third-order valence-corrected chi connectivity index (χ3v) is 7.67. The molecular formula is C20H31FN4O3S. The van der Waals surface area contributed by atoms with E-state index < -0.39 is 15.8 Å². The summed E-state index contributed by atoms with van der Waals surface area (Å²) in [6.07, 6.45) is 3.40. The van der Waals surface area contributed by atoms with Crippen molar-refractivity contribution in [2.75, 3.05) is 52.4 Å². The van der Waals surface area contributed by atoms with Crippen LogP contribution in [0.2, 0.25) is 0 Å². The Kier molecular flexibility index (Phi) is 7.61. The summed E-state index contributed by atoms with van der Waals surface area (Å²) in [4.78, 5) is 16.8. The van der Waals surface area contributed by atoms with Crippen LogP contribution in [0.5, 0.6) is 0 Å². The van der Waals surface area contributed by atoms with Crippen LogP contribution in [0.3, 0.4) is 0 Å². The zero-order valence-electron chi connectivity index (χ0n) is 17.0. The molecule has 1 aromatic rings. The van der Waals surface area contributed by atoms with Crippen molar-refractivity contribution in [3.05, 3.63) is 30.1 Å². The smallest absolute Gasteiger partial charge is 0.243 e. The molecule has 162 valence electrons. The van der Waals surface area contributed by atoms with Crippen LogP contribution in [0.15, 0.2) is 29.2 Å². The Bertz CT molecular complexity index is 781. The molecule has 1 atom stereocenters. The van der Waals surface area contributed by atoms with E-state index in [4.69, 9.17) is 0 Å². The SMILES string of the molecule is CC1CCCCN1CCN(CC(=O)N1CCNCC1)S(=O)(=O)c1ccc(F)cc1. The number of sulfonamides is 1. The Hall–Kier alpha value is -1.55. The highest BCUT2D eigenvalue weighted by atomic mass is 32.2. The van der Waals surface area contributed by atoms with E-state index in [9.17, 15) is 17.6 Å². The molecule has 2 heterocycles. The van der Waals surface area contributed by atoms with Gasteiger partial charge in [-0.2, -0.15) is 4.31 Å². The van der Waals surface area contributed by atoms with Gasteiger partial charge in [0.15, 0.2) is 0 Å². The van der Waals surface area contributed by atoms with E-state index in [-0.39, 0.29) is 23.9 Å². The molecule has 9 heteroatoms. The molecule has 1 amide bonds. The first-order valence-electron chi connectivity index (χ1n) is 10.4. The van der Waals surface area contributed by atoms with E-state index in [2.05, 4.69) is 17.1 Å². The minimum absolute atomic E-state index is 0.0127. The van der Waals surface area contributed by atoms with Crippen molar-refractivity contribution < 1.29 is 17.6 Å². The van der Waals surface area contributed by atoms with Gasteiger partial charge in [0.25, 0.3) is 0 Å². The van der Waals surface area contributed by atoms with Gasteiger partial charge in [-0.05, 0) is 50.6 Å². The fraction of sp³-hybridized carbons (Fsp3) is 0.650. The molecule has 2 saturated heterocycles. The van der Waals surface area contributed by atoms with E-state index in [1.54, 1.807) is 4.90 Å². The van der Waals surface area contributed by atoms with Crippen LogP contribution in [0.4, 0.5) is 4.39 Å². The topological polar surface area (TPSA) is 73.0 Å². The van der Waals surface area contributed by atoms with Gasteiger partial charge in [0.1, 0.15) is 5.82 Å². The molecule has 0 bridgehead atoms. The summed E-state index contributed by atoms with van der Waals surface area (Å²) in [5.74, 6) is -0.682. The summed E-state index contributed by atoms with van der Waals surface area (Å²) < 4.78 is 41.0. The maximum Gasteiger partial charge on any atom is 0.243 e. The molecule has 0 saturated carbocycles. The van der Waals surface area contributed by atoms with Gasteiger partial charge in [-0.25, -0.2) is 12.8 Å². The van der Waals surface area contributed by atoms with Crippen LogP contribution in [0.1, 0.15) is 26.2 Å². The monoisotopic (exact) mass is 426 g/mol. The van der Waals surface area contributed by atoms with Gasteiger partial charge in [0.05, 0.1) is 11.4 Å². The molecule has 1 unspecified atom stereocenters. The Labute approximate surface area is 172 Å². The molecule has 1 aromatic carbocycles. The largest absolute Gasteiger partial charge is 0.339 e. The normalized spacial score (nSPS) is 21.5. The van der Waals surface area contributed by atoms with E-state index in [0.717, 1.165) is 31.5 Å². The maximum absolute atomic E-state index is 13.3. The fourth-order valence-corrected chi connectivity index (χ4v) is 5.32. The number of hydrogen-bond donors (Lipinski definition) is 1. The maximum atomic E-state index is 13.3. The van der Waals surface area contributed by atoms with E-state index >= 15 is 0 Å². The van der Waals surface area contributed by atoms with Crippen LogP contribution in [-0.4, -0.2) is 86.8 Å². The molecule has 0 radical (unpaired) electrons. The number of carbonyl (C=O) groups excluding carboxylic acids is 1. The first-order valence-corrected chi connectivity index (χ1v) is 11.8. The van der Waals surface area contributed by atoms with Gasteiger partial charge in [-0.15, -0.1) is 0 Å². The Balaban J connectivity index is 1.75. The lowest BCUT2D eigenvalue weighted by molar-refractivity contribution is -0.132. The number of rotatable bonds is 7. The third-order valence-electron chi connectivity index (χ3n) is 5.81. The second-order valence-electron chi connectivity index (χ2n) is 7.80. The van der Waals surface area contributed by atoms with Crippen molar-refractivity contribution in [3.8, 4) is 0 Å². The molecule has 0 aliphatic carbocycles. The lowest BCUT2D eigenvalue weighted by atomic mass is 10.0. The Morgan fingerprint density at radius 2 is 1.86 bits per heavy atom. The van der Waals surface area contributed by atoms with Crippen molar-refractivity contribution in [2.24, 2.45) is 0 Å². The number of halogens is 1. The summed E-state index contributed by atoms with van der Waals surface area (Å²) in [6.45, 7) is 6.30. The number of piperazine rings is 1. The number of likely N-dealkylation sites (tertiary alicyclic amines) is 1. The van der Waals surface area contributed by atoms with Crippen LogP contribution < -0.4 is 5.32 Å². The highest BCUT2D eigenvalue weighted by molar-refractivity contribution is 7.89. The van der Waals surface area contributed by atoms with Gasteiger partial charge in [-0.3, -0.25) is 9.69 Å². The zero-order valence-corrected chi connectivity index (χ0v) is 17.8. The summed E-state index contributed by atoms with van der Waals surface area (Å²) in [5, 5.41) is 3.19. The molecule has 29 heavy (non-hydrogen) atoms. The number of amides is 1. The highest BCUT2D eigenvalue weighted by Crippen LogP contribution is 2.19. The van der Waals surface area contributed by atoms with Gasteiger partial charge < -0.3 is 10.2 Å². The summed E-state index contributed by atoms with van der Waals surface area (Å²) in [5.41, 5.74) is 0. The molecule has 2 fully saturated rings. The van der Waals surface area contributed by atoms with Crippen molar-refractivity contribution in [3.63, 3.8) is 0 Å². The van der Waals surface area contributed by atoms with E-state index in [1.165, 1.54) is 22.9 Å².